The van der Waals surface area contributed by atoms with Crippen LogP contribution >= 0.6 is 0 Å². The monoisotopic (exact) mass is 353 g/mol. The van der Waals surface area contributed by atoms with E-state index < -0.39 is 18.7 Å². The van der Waals surface area contributed by atoms with Crippen molar-refractivity contribution >= 4 is 11.9 Å². The van der Waals surface area contributed by atoms with Crippen molar-refractivity contribution in [2.24, 2.45) is 0 Å². The molecule has 0 unspecified atom stereocenters. The molecule has 3 amide bonds. The van der Waals surface area contributed by atoms with Crippen LogP contribution in [0.4, 0.5) is 13.6 Å². The molecule has 2 N–H and O–H groups in total. The van der Waals surface area contributed by atoms with E-state index in [-0.39, 0.29) is 11.7 Å². The number of nitrogens with zero attached hydrogens (tertiary/aromatic N) is 1. The van der Waals surface area contributed by atoms with Crippen molar-refractivity contribution in [3.63, 3.8) is 0 Å². The third kappa shape index (κ3) is 4.07. The zero-order valence-corrected chi connectivity index (χ0v) is 14.3. The number of halogens is 2. The van der Waals surface area contributed by atoms with Gasteiger partial charge in [-0.05, 0) is 26.8 Å². The third-order valence-electron chi connectivity index (χ3n) is 4.00. The number of allylic oxidation sites excluding steroid dienone is 1. The van der Waals surface area contributed by atoms with Crippen molar-refractivity contribution in [2.75, 3.05) is 13.1 Å². The highest BCUT2D eigenvalue weighted by molar-refractivity contribution is 5.98. The van der Waals surface area contributed by atoms with Crippen LogP contribution in [-0.2, 0) is 4.79 Å². The molecule has 0 aromatic heterocycles. The van der Waals surface area contributed by atoms with Crippen LogP contribution in [0, 0.1) is 0 Å². The average molecular weight is 353 g/mol. The number of nitrogens with one attached hydrogen (secondary N) is 2. The highest BCUT2D eigenvalue weighted by Gasteiger charge is 2.34. The summed E-state index contributed by atoms with van der Waals surface area (Å²) in [6.07, 6.45) is 0. The van der Waals surface area contributed by atoms with Gasteiger partial charge in [0, 0.05) is 24.4 Å². The minimum Gasteiger partial charge on any atom is -0.434 e. The molecule has 25 heavy (non-hydrogen) atoms. The van der Waals surface area contributed by atoms with Crippen LogP contribution in [0.5, 0.6) is 5.75 Å². The third-order valence-corrected chi connectivity index (χ3v) is 4.00. The van der Waals surface area contributed by atoms with E-state index in [9.17, 15) is 18.4 Å². The number of rotatable bonds is 6. The maximum Gasteiger partial charge on any atom is 0.387 e. The Kier molecular flexibility index (Phi) is 5.95. The number of likely N-dealkylation sites (N-methyl/N-ethyl adjacent to an activating group) is 1. The van der Waals surface area contributed by atoms with Crippen LogP contribution in [0.2, 0.25) is 0 Å². The van der Waals surface area contributed by atoms with Crippen molar-refractivity contribution in [1.82, 2.24) is 15.5 Å². The van der Waals surface area contributed by atoms with Crippen LogP contribution in [0.3, 0.4) is 0 Å². The number of ether oxygens (including phenoxy) is 1. The van der Waals surface area contributed by atoms with Crippen molar-refractivity contribution in [1.29, 1.82) is 0 Å². The molecule has 8 heteroatoms. The Labute approximate surface area is 144 Å². The number of carbonyl (C=O) groups is 2. The molecule has 0 radical (unpaired) electrons. The van der Waals surface area contributed by atoms with E-state index in [4.69, 9.17) is 0 Å². The summed E-state index contributed by atoms with van der Waals surface area (Å²) in [5.41, 5.74) is 0.985. The smallest absolute Gasteiger partial charge is 0.387 e. The van der Waals surface area contributed by atoms with E-state index in [2.05, 4.69) is 15.4 Å². The second kappa shape index (κ2) is 7.96. The largest absolute Gasteiger partial charge is 0.434 e. The van der Waals surface area contributed by atoms with Crippen LogP contribution in [0.25, 0.3) is 0 Å². The Morgan fingerprint density at radius 3 is 2.52 bits per heavy atom. The number of carbonyl (C=O) groups excluding carboxylic acids is 2. The lowest BCUT2D eigenvalue weighted by Crippen LogP contribution is -2.47. The Bertz CT molecular complexity index is 687. The maximum atomic E-state index is 12.9. The number of alkyl halides is 2. The topological polar surface area (TPSA) is 70.7 Å². The molecule has 0 saturated heterocycles. The summed E-state index contributed by atoms with van der Waals surface area (Å²) in [6.45, 7) is 3.26. The number of hydrogen-bond acceptors (Lipinski definition) is 3. The van der Waals surface area contributed by atoms with Gasteiger partial charge >= 0.3 is 12.6 Å². The molecular formula is C17H21F2N3O3. The molecule has 1 atom stereocenters. The van der Waals surface area contributed by atoms with Gasteiger partial charge in [-0.25, -0.2) is 4.79 Å². The second-order valence-corrected chi connectivity index (χ2v) is 5.46. The van der Waals surface area contributed by atoms with Crippen molar-refractivity contribution < 1.29 is 23.1 Å². The lowest BCUT2D eigenvalue weighted by molar-refractivity contribution is -0.127. The van der Waals surface area contributed by atoms with Crippen LogP contribution < -0.4 is 15.4 Å². The molecule has 1 aliphatic heterocycles. The molecule has 1 aromatic rings. The normalized spacial score (nSPS) is 17.2. The van der Waals surface area contributed by atoms with Gasteiger partial charge < -0.3 is 20.3 Å². The Hall–Kier alpha value is -2.64. The number of urea groups is 1. The van der Waals surface area contributed by atoms with E-state index in [0.717, 1.165) is 0 Å². The fraction of sp³-hybridized carbons (Fsp3) is 0.412. The van der Waals surface area contributed by atoms with Crippen molar-refractivity contribution in [2.45, 2.75) is 33.4 Å². The van der Waals surface area contributed by atoms with Gasteiger partial charge in [0.2, 0.25) is 0 Å². The molecule has 0 spiro atoms. The van der Waals surface area contributed by atoms with E-state index in [1.54, 1.807) is 30.0 Å². The first-order valence-corrected chi connectivity index (χ1v) is 8.00. The SMILES string of the molecule is CCN(CC)C(=O)C1=C(C)NC(=O)N[C@@H]1c1ccccc1OC(F)F. The zero-order valence-electron chi connectivity index (χ0n) is 14.3. The maximum absolute atomic E-state index is 12.9. The summed E-state index contributed by atoms with van der Waals surface area (Å²) >= 11 is 0. The van der Waals surface area contributed by atoms with E-state index in [0.29, 0.717) is 29.9 Å². The number of benzene rings is 1. The van der Waals surface area contributed by atoms with Gasteiger partial charge in [0.25, 0.3) is 5.91 Å². The van der Waals surface area contributed by atoms with Crippen LogP contribution in [-0.4, -0.2) is 36.5 Å². The van der Waals surface area contributed by atoms with E-state index >= 15 is 0 Å². The Morgan fingerprint density at radius 2 is 1.92 bits per heavy atom. The first-order valence-electron chi connectivity index (χ1n) is 8.00. The van der Waals surface area contributed by atoms with Crippen molar-refractivity contribution in [3.8, 4) is 5.75 Å². The van der Waals surface area contributed by atoms with E-state index in [1.807, 2.05) is 13.8 Å². The minimum atomic E-state index is -3.01. The summed E-state index contributed by atoms with van der Waals surface area (Å²) in [5, 5.41) is 5.20. The van der Waals surface area contributed by atoms with Gasteiger partial charge in [0.15, 0.2) is 0 Å². The molecule has 0 fully saturated rings. The van der Waals surface area contributed by atoms with Gasteiger partial charge in [0.1, 0.15) is 5.75 Å². The number of amides is 3. The predicted molar refractivity (Wildman–Crippen MR) is 88.1 cm³/mol. The molecule has 2 rings (SSSR count). The lowest BCUT2D eigenvalue weighted by atomic mass is 9.93. The van der Waals surface area contributed by atoms with Gasteiger partial charge in [0.05, 0.1) is 11.6 Å². The molecule has 1 heterocycles. The molecule has 1 aromatic carbocycles. The summed E-state index contributed by atoms with van der Waals surface area (Å²) in [4.78, 5) is 26.4. The first-order chi connectivity index (χ1) is 11.9. The quantitative estimate of drug-likeness (QED) is 0.826. The zero-order chi connectivity index (χ0) is 18.6. The minimum absolute atomic E-state index is 0.0812. The number of para-hydroxylation sites is 1. The van der Waals surface area contributed by atoms with Crippen molar-refractivity contribution in [3.05, 3.63) is 41.1 Å². The summed E-state index contributed by atoms with van der Waals surface area (Å²) < 4.78 is 30.0. The average Bonchev–Trinajstić information content (AvgIpc) is 2.55. The summed E-state index contributed by atoms with van der Waals surface area (Å²) in [6, 6.07) is 4.73. The van der Waals surface area contributed by atoms with Crippen LogP contribution in [0.1, 0.15) is 32.4 Å². The van der Waals surface area contributed by atoms with E-state index in [1.165, 1.54) is 6.07 Å². The standard InChI is InChI=1S/C17H21F2N3O3/c1-4-22(5-2)15(23)13-10(3)20-17(24)21-14(13)11-8-6-7-9-12(11)25-16(18)19/h6-9,14,16H,4-5H2,1-3H3,(H2,20,21,24)/t14-/m1/s1. The molecule has 0 bridgehead atoms. The van der Waals surface area contributed by atoms with Crippen LogP contribution in [0.15, 0.2) is 35.5 Å². The predicted octanol–water partition coefficient (Wildman–Crippen LogP) is 2.78. The highest BCUT2D eigenvalue weighted by Crippen LogP contribution is 2.34. The molecule has 6 nitrogen and oxygen atoms in total. The summed E-state index contributed by atoms with van der Waals surface area (Å²) in [7, 11) is 0. The lowest BCUT2D eigenvalue weighted by Gasteiger charge is -2.32. The highest BCUT2D eigenvalue weighted by atomic mass is 19.3. The molecule has 136 valence electrons. The van der Waals surface area contributed by atoms with Gasteiger partial charge in [-0.3, -0.25) is 4.79 Å². The van der Waals surface area contributed by atoms with Gasteiger partial charge in [-0.2, -0.15) is 8.78 Å². The molecule has 0 aliphatic carbocycles. The summed E-state index contributed by atoms with van der Waals surface area (Å²) in [5.74, 6) is -0.353. The molecular weight excluding hydrogens is 332 g/mol. The molecule has 1 aliphatic rings. The molecule has 0 saturated carbocycles. The fourth-order valence-corrected chi connectivity index (χ4v) is 2.81. The Morgan fingerprint density at radius 1 is 1.28 bits per heavy atom. The fourth-order valence-electron chi connectivity index (χ4n) is 2.81. The van der Waals surface area contributed by atoms with Gasteiger partial charge in [-0.1, -0.05) is 18.2 Å². The van der Waals surface area contributed by atoms with Gasteiger partial charge in [-0.15, -0.1) is 0 Å². The Balaban J connectivity index is 2.52. The second-order valence-electron chi connectivity index (χ2n) is 5.46. The number of hydrogen-bond donors (Lipinski definition) is 2. The first kappa shape index (κ1) is 18.7.